The fourth-order valence-electron chi connectivity index (χ4n) is 3.73. The topological polar surface area (TPSA) is 72.7 Å². The lowest BCUT2D eigenvalue weighted by atomic mass is 10.1. The monoisotopic (exact) mass is 464 g/mol. The van der Waals surface area contributed by atoms with Gasteiger partial charge in [0.15, 0.2) is 0 Å². The third-order valence-corrected chi connectivity index (χ3v) is 5.48. The lowest BCUT2D eigenvalue weighted by molar-refractivity contribution is -0.384. The van der Waals surface area contributed by atoms with Crippen LogP contribution in [-0.2, 0) is 17.8 Å². The van der Waals surface area contributed by atoms with Gasteiger partial charge in [-0.15, -0.1) is 0 Å². The van der Waals surface area contributed by atoms with Crippen molar-refractivity contribution in [3.05, 3.63) is 112 Å². The van der Waals surface area contributed by atoms with Crippen LogP contribution < -0.4 is 0 Å². The van der Waals surface area contributed by atoms with Crippen molar-refractivity contribution < 1.29 is 18.8 Å². The molecular weight excluding hydrogens is 435 g/mol. The van der Waals surface area contributed by atoms with E-state index in [4.69, 9.17) is 4.74 Å². The number of nitro groups is 1. The number of nitro benzene ring substituents is 1. The van der Waals surface area contributed by atoms with E-state index in [9.17, 15) is 14.9 Å². The van der Waals surface area contributed by atoms with Crippen LogP contribution in [0.1, 0.15) is 41.3 Å². The van der Waals surface area contributed by atoms with E-state index in [-0.39, 0.29) is 24.2 Å². The normalized spacial score (nSPS) is 12.8. The molecule has 3 aromatic carbocycles. The van der Waals surface area contributed by atoms with Crippen molar-refractivity contribution in [2.45, 2.75) is 45.1 Å². The summed E-state index contributed by atoms with van der Waals surface area (Å²) in [5.41, 5.74) is 2.17. The Morgan fingerprint density at radius 1 is 0.941 bits per heavy atom. The van der Waals surface area contributed by atoms with E-state index in [1.807, 2.05) is 67.6 Å². The Labute approximate surface area is 199 Å². The maximum Gasteiger partial charge on any atom is 0.338 e. The Bertz CT molecular complexity index is 1000. The van der Waals surface area contributed by atoms with Crippen molar-refractivity contribution >= 4 is 11.7 Å². The molecule has 0 aliphatic rings. The smallest absolute Gasteiger partial charge is 0.338 e. The Morgan fingerprint density at radius 2 is 1.47 bits per heavy atom. The maximum absolute atomic E-state index is 15.2. The molecule has 3 rings (SSSR count). The average Bonchev–Trinajstić information content (AvgIpc) is 2.85. The summed E-state index contributed by atoms with van der Waals surface area (Å²) in [6.45, 7) is 3.23. The fraction of sp³-hybridized carbons (Fsp3) is 0.296. The van der Waals surface area contributed by atoms with Gasteiger partial charge in [-0.3, -0.25) is 15.0 Å². The number of non-ortho nitro benzene ring substituents is 1. The Morgan fingerprint density at radius 3 is 1.94 bits per heavy atom. The van der Waals surface area contributed by atoms with Gasteiger partial charge in [0.25, 0.3) is 5.69 Å². The highest BCUT2D eigenvalue weighted by Gasteiger charge is 2.28. The number of hydrogen-bond donors (Lipinski definition) is 0. The Kier molecular flexibility index (Phi) is 9.29. The number of alkyl halides is 1. The average molecular weight is 465 g/mol. The molecule has 2 atom stereocenters. The largest absolute Gasteiger partial charge is 0.454 e. The summed E-state index contributed by atoms with van der Waals surface area (Å²) in [5.74, 6) is -0.696. The number of rotatable bonds is 12. The van der Waals surface area contributed by atoms with Gasteiger partial charge < -0.3 is 4.74 Å². The van der Waals surface area contributed by atoms with Crippen LogP contribution >= 0.6 is 0 Å². The van der Waals surface area contributed by atoms with Crippen LogP contribution in [0.4, 0.5) is 10.1 Å². The van der Waals surface area contributed by atoms with E-state index in [0.29, 0.717) is 19.5 Å². The fourth-order valence-corrected chi connectivity index (χ4v) is 3.73. The van der Waals surface area contributed by atoms with Gasteiger partial charge in [0, 0.05) is 31.8 Å². The summed E-state index contributed by atoms with van der Waals surface area (Å²) in [6.07, 6.45) is -1.43. The van der Waals surface area contributed by atoms with E-state index in [1.165, 1.54) is 24.3 Å². The molecule has 0 aromatic heterocycles. The molecule has 0 fully saturated rings. The highest BCUT2D eigenvalue weighted by molar-refractivity contribution is 5.89. The summed E-state index contributed by atoms with van der Waals surface area (Å²) in [5, 5.41) is 10.9. The molecule has 0 radical (unpaired) electrons. The summed E-state index contributed by atoms with van der Waals surface area (Å²) in [4.78, 5) is 25.2. The van der Waals surface area contributed by atoms with Crippen LogP contribution in [0.25, 0.3) is 0 Å². The van der Waals surface area contributed by atoms with Gasteiger partial charge >= 0.3 is 5.97 Å². The highest BCUT2D eigenvalue weighted by atomic mass is 19.1. The van der Waals surface area contributed by atoms with Gasteiger partial charge in [0.05, 0.1) is 10.5 Å². The molecule has 34 heavy (non-hydrogen) atoms. The van der Waals surface area contributed by atoms with Gasteiger partial charge in [-0.05, 0) is 29.7 Å². The standard InChI is InChI=1S/C27H29FN2O4/c1-2-9-25(28)26(34-27(31)23-14-16-24(17-15-23)30(32)33)20-29(18-21-10-5-3-6-11-21)19-22-12-7-4-8-13-22/h3-8,10-17,25-26H,2,9,18-20H2,1H3/t25-,26+/m0/s1. The SMILES string of the molecule is CCC[C@H](F)[C@@H](CN(Cc1ccccc1)Cc1ccccc1)OC(=O)c1ccc([N+](=O)[O-])cc1. The number of hydrogen-bond acceptors (Lipinski definition) is 5. The molecule has 0 aliphatic heterocycles. The van der Waals surface area contributed by atoms with E-state index < -0.39 is 23.2 Å². The van der Waals surface area contributed by atoms with Gasteiger partial charge in [0.2, 0.25) is 0 Å². The van der Waals surface area contributed by atoms with Crippen molar-refractivity contribution in [3.8, 4) is 0 Å². The number of carbonyl (C=O) groups is 1. The quantitative estimate of drug-likeness (QED) is 0.188. The molecule has 0 saturated carbocycles. The van der Waals surface area contributed by atoms with Gasteiger partial charge in [0.1, 0.15) is 12.3 Å². The Hall–Kier alpha value is -3.58. The summed E-state index contributed by atoms with van der Waals surface area (Å²) < 4.78 is 20.8. The molecule has 0 heterocycles. The second-order valence-corrected chi connectivity index (χ2v) is 8.19. The van der Waals surface area contributed by atoms with E-state index in [2.05, 4.69) is 4.90 Å². The first-order valence-corrected chi connectivity index (χ1v) is 11.4. The minimum atomic E-state index is -1.33. The second kappa shape index (κ2) is 12.6. The maximum atomic E-state index is 15.2. The molecule has 0 spiro atoms. The van der Waals surface area contributed by atoms with Crippen LogP contribution in [0.2, 0.25) is 0 Å². The molecule has 0 saturated heterocycles. The van der Waals surface area contributed by atoms with Gasteiger partial charge in [-0.2, -0.15) is 0 Å². The number of esters is 1. The minimum absolute atomic E-state index is 0.126. The van der Waals surface area contributed by atoms with Crippen LogP contribution in [0.5, 0.6) is 0 Å². The van der Waals surface area contributed by atoms with Crippen LogP contribution in [0.3, 0.4) is 0 Å². The molecule has 0 N–H and O–H groups in total. The highest BCUT2D eigenvalue weighted by Crippen LogP contribution is 2.19. The van der Waals surface area contributed by atoms with Crippen molar-refractivity contribution in [2.24, 2.45) is 0 Å². The number of benzene rings is 3. The van der Waals surface area contributed by atoms with Crippen molar-refractivity contribution in [1.82, 2.24) is 4.90 Å². The van der Waals surface area contributed by atoms with E-state index >= 15 is 4.39 Å². The lowest BCUT2D eigenvalue weighted by Gasteiger charge is -2.29. The van der Waals surface area contributed by atoms with Gasteiger partial charge in [-0.25, -0.2) is 9.18 Å². The zero-order valence-electron chi connectivity index (χ0n) is 19.2. The third kappa shape index (κ3) is 7.49. The number of ether oxygens (including phenoxy) is 1. The van der Waals surface area contributed by atoms with Crippen LogP contribution in [-0.4, -0.2) is 34.6 Å². The Balaban J connectivity index is 1.79. The molecule has 0 bridgehead atoms. The summed E-state index contributed by atoms with van der Waals surface area (Å²) >= 11 is 0. The molecule has 0 aliphatic carbocycles. The summed E-state index contributed by atoms with van der Waals surface area (Å²) in [7, 11) is 0. The molecule has 6 nitrogen and oxygen atoms in total. The molecular formula is C27H29FN2O4. The zero-order chi connectivity index (χ0) is 24.3. The number of halogens is 1. The minimum Gasteiger partial charge on any atom is -0.454 e. The predicted molar refractivity (Wildman–Crippen MR) is 129 cm³/mol. The molecule has 178 valence electrons. The number of carbonyl (C=O) groups excluding carboxylic acids is 1. The number of nitrogens with zero attached hydrogens (tertiary/aromatic N) is 2. The van der Waals surface area contributed by atoms with Crippen molar-refractivity contribution in [3.63, 3.8) is 0 Å². The third-order valence-electron chi connectivity index (χ3n) is 5.48. The predicted octanol–water partition coefficient (Wildman–Crippen LogP) is 5.96. The molecule has 7 heteroatoms. The van der Waals surface area contributed by atoms with Gasteiger partial charge in [-0.1, -0.05) is 74.0 Å². The molecule has 0 amide bonds. The summed E-state index contributed by atoms with van der Waals surface area (Å²) in [6, 6.07) is 24.9. The van der Waals surface area contributed by atoms with Crippen LogP contribution in [0.15, 0.2) is 84.9 Å². The van der Waals surface area contributed by atoms with E-state index in [1.54, 1.807) is 0 Å². The molecule has 3 aromatic rings. The zero-order valence-corrected chi connectivity index (χ0v) is 19.2. The van der Waals surface area contributed by atoms with Crippen molar-refractivity contribution in [1.29, 1.82) is 0 Å². The first-order valence-electron chi connectivity index (χ1n) is 11.4. The van der Waals surface area contributed by atoms with Crippen molar-refractivity contribution in [2.75, 3.05) is 6.54 Å². The van der Waals surface area contributed by atoms with E-state index in [0.717, 1.165) is 11.1 Å². The first kappa shape index (κ1) is 25.1. The lowest BCUT2D eigenvalue weighted by Crippen LogP contribution is -2.40. The van der Waals surface area contributed by atoms with Crippen LogP contribution in [0, 0.1) is 10.1 Å². The second-order valence-electron chi connectivity index (χ2n) is 8.19. The molecule has 0 unspecified atom stereocenters. The first-order chi connectivity index (χ1) is 16.5.